The minimum absolute atomic E-state index is 0.182. The molecule has 0 spiro atoms. The van der Waals surface area contributed by atoms with Gasteiger partial charge in [-0.05, 0) is 32.9 Å². The van der Waals surface area contributed by atoms with Gasteiger partial charge in [-0.25, -0.2) is 0 Å². The summed E-state index contributed by atoms with van der Waals surface area (Å²) in [6, 6.07) is 0. The fourth-order valence-electron chi connectivity index (χ4n) is 3.29. The molecule has 1 atom stereocenters. The van der Waals surface area contributed by atoms with Gasteiger partial charge in [-0.15, -0.1) is 0 Å². The van der Waals surface area contributed by atoms with Crippen LogP contribution in [-0.4, -0.2) is 70.7 Å². The summed E-state index contributed by atoms with van der Waals surface area (Å²) in [4.78, 5) is 16.9. The van der Waals surface area contributed by atoms with Crippen LogP contribution in [0.3, 0.4) is 0 Å². The molecule has 116 valence electrons. The second-order valence-electron chi connectivity index (χ2n) is 6.25. The van der Waals surface area contributed by atoms with Crippen LogP contribution in [0.15, 0.2) is 6.20 Å². The van der Waals surface area contributed by atoms with Gasteiger partial charge >= 0.3 is 0 Å². The van der Waals surface area contributed by atoms with Gasteiger partial charge in [0.25, 0.3) is 5.91 Å². The van der Waals surface area contributed by atoms with E-state index in [2.05, 4.69) is 24.1 Å². The van der Waals surface area contributed by atoms with Crippen molar-refractivity contribution in [3.8, 4) is 0 Å². The number of carbonyl (C=O) groups is 1. The van der Waals surface area contributed by atoms with E-state index in [0.717, 1.165) is 61.8 Å². The lowest BCUT2D eigenvalue weighted by molar-refractivity contribution is 0.0770. The van der Waals surface area contributed by atoms with Gasteiger partial charge < -0.3 is 9.80 Å². The molecule has 0 bridgehead atoms. The smallest absolute Gasteiger partial charge is 0.257 e. The van der Waals surface area contributed by atoms with Crippen molar-refractivity contribution in [2.45, 2.75) is 19.4 Å². The van der Waals surface area contributed by atoms with Crippen molar-refractivity contribution < 1.29 is 4.79 Å². The Labute approximate surface area is 130 Å². The summed E-state index contributed by atoms with van der Waals surface area (Å²) in [6.45, 7) is 3.76. The summed E-state index contributed by atoms with van der Waals surface area (Å²) in [5.74, 6) is 2.92. The SMILES string of the molecule is CN(C)C[C@@H]1CCn2ncc(C(=O)N3CCSCC3)c2C1. The Morgan fingerprint density at radius 2 is 2.14 bits per heavy atom. The Morgan fingerprint density at radius 1 is 1.38 bits per heavy atom. The topological polar surface area (TPSA) is 41.4 Å². The average Bonchev–Trinajstić information content (AvgIpc) is 2.90. The Morgan fingerprint density at radius 3 is 2.86 bits per heavy atom. The molecule has 2 aliphatic rings. The first-order valence-electron chi connectivity index (χ1n) is 7.71. The van der Waals surface area contributed by atoms with E-state index in [-0.39, 0.29) is 5.91 Å². The van der Waals surface area contributed by atoms with Crippen LogP contribution in [0.2, 0.25) is 0 Å². The third-order valence-corrected chi connectivity index (χ3v) is 5.27. The molecule has 1 amide bonds. The van der Waals surface area contributed by atoms with Gasteiger partial charge in [0.15, 0.2) is 0 Å². The zero-order chi connectivity index (χ0) is 14.8. The first-order chi connectivity index (χ1) is 10.1. The number of rotatable bonds is 3. The molecule has 0 aromatic carbocycles. The maximum absolute atomic E-state index is 12.7. The standard InChI is InChI=1S/C15H24N4OS/c1-17(2)11-12-3-4-19-14(9-12)13(10-16-19)15(20)18-5-7-21-8-6-18/h10,12H,3-9,11H2,1-2H3/t12-/m1/s1. The number of aromatic nitrogens is 2. The number of fused-ring (bicyclic) bond motifs is 1. The van der Waals surface area contributed by atoms with Crippen LogP contribution in [-0.2, 0) is 13.0 Å². The van der Waals surface area contributed by atoms with E-state index >= 15 is 0 Å². The number of hydrogen-bond donors (Lipinski definition) is 0. The zero-order valence-corrected chi connectivity index (χ0v) is 13.7. The van der Waals surface area contributed by atoms with Crippen LogP contribution in [0.25, 0.3) is 0 Å². The fourth-order valence-corrected chi connectivity index (χ4v) is 4.19. The van der Waals surface area contributed by atoms with Gasteiger partial charge in [-0.2, -0.15) is 16.9 Å². The van der Waals surface area contributed by atoms with Crippen LogP contribution >= 0.6 is 11.8 Å². The Bertz CT molecular complexity index is 508. The molecule has 0 unspecified atom stereocenters. The predicted octanol–water partition coefficient (Wildman–Crippen LogP) is 1.20. The highest BCUT2D eigenvalue weighted by molar-refractivity contribution is 7.99. The molecule has 6 heteroatoms. The summed E-state index contributed by atoms with van der Waals surface area (Å²) in [7, 11) is 4.23. The van der Waals surface area contributed by atoms with Gasteiger partial charge in [-0.3, -0.25) is 9.48 Å². The molecule has 2 aliphatic heterocycles. The summed E-state index contributed by atoms with van der Waals surface area (Å²) < 4.78 is 2.04. The molecule has 1 aromatic rings. The lowest BCUT2D eigenvalue weighted by atomic mass is 9.93. The quantitative estimate of drug-likeness (QED) is 0.841. The van der Waals surface area contributed by atoms with E-state index in [1.54, 1.807) is 6.20 Å². The van der Waals surface area contributed by atoms with Crippen LogP contribution in [0.4, 0.5) is 0 Å². The molecule has 1 saturated heterocycles. The van der Waals surface area contributed by atoms with Gasteiger partial charge in [-0.1, -0.05) is 0 Å². The van der Waals surface area contributed by atoms with E-state index in [1.165, 1.54) is 0 Å². The van der Waals surface area contributed by atoms with E-state index in [0.29, 0.717) is 5.92 Å². The average molecular weight is 308 g/mol. The molecule has 1 fully saturated rings. The largest absolute Gasteiger partial charge is 0.337 e. The van der Waals surface area contributed by atoms with Crippen molar-refractivity contribution >= 4 is 17.7 Å². The monoisotopic (exact) mass is 308 g/mol. The second-order valence-corrected chi connectivity index (χ2v) is 7.48. The molecule has 3 rings (SSSR count). The number of amides is 1. The number of aryl methyl sites for hydroxylation is 1. The maximum Gasteiger partial charge on any atom is 0.257 e. The molecule has 0 saturated carbocycles. The number of thioether (sulfide) groups is 1. The Hall–Kier alpha value is -1.01. The van der Waals surface area contributed by atoms with Crippen LogP contribution in [0.1, 0.15) is 22.5 Å². The van der Waals surface area contributed by atoms with Crippen molar-refractivity contribution in [3.63, 3.8) is 0 Å². The zero-order valence-electron chi connectivity index (χ0n) is 12.9. The molecular formula is C15H24N4OS. The predicted molar refractivity (Wildman–Crippen MR) is 85.8 cm³/mol. The molecule has 5 nitrogen and oxygen atoms in total. The van der Waals surface area contributed by atoms with Gasteiger partial charge in [0.1, 0.15) is 0 Å². The molecule has 0 N–H and O–H groups in total. The normalized spacial score (nSPS) is 22.4. The Kier molecular flexibility index (Phi) is 4.54. The highest BCUT2D eigenvalue weighted by atomic mass is 32.2. The van der Waals surface area contributed by atoms with Gasteiger partial charge in [0, 0.05) is 37.7 Å². The molecular weight excluding hydrogens is 284 g/mol. The van der Waals surface area contributed by atoms with Crippen molar-refractivity contribution in [1.82, 2.24) is 19.6 Å². The third kappa shape index (κ3) is 3.26. The summed E-state index contributed by atoms with van der Waals surface area (Å²) in [5.41, 5.74) is 1.99. The van der Waals surface area contributed by atoms with E-state index in [1.807, 2.05) is 21.3 Å². The molecule has 0 radical (unpaired) electrons. The van der Waals surface area contributed by atoms with Crippen LogP contribution in [0, 0.1) is 5.92 Å². The fraction of sp³-hybridized carbons (Fsp3) is 0.733. The van der Waals surface area contributed by atoms with E-state index < -0.39 is 0 Å². The number of carbonyl (C=O) groups excluding carboxylic acids is 1. The highest BCUT2D eigenvalue weighted by Gasteiger charge is 2.28. The molecule has 1 aromatic heterocycles. The maximum atomic E-state index is 12.7. The number of nitrogens with zero attached hydrogens (tertiary/aromatic N) is 4. The molecule has 21 heavy (non-hydrogen) atoms. The minimum Gasteiger partial charge on any atom is -0.337 e. The van der Waals surface area contributed by atoms with Crippen molar-refractivity contribution in [2.75, 3.05) is 45.2 Å². The first kappa shape index (κ1) is 14.9. The summed E-state index contributed by atoms with van der Waals surface area (Å²) >= 11 is 1.93. The second kappa shape index (κ2) is 6.40. The molecule has 0 aliphatic carbocycles. The lowest BCUT2D eigenvalue weighted by Crippen LogP contribution is -2.38. The van der Waals surface area contributed by atoms with Gasteiger partial charge in [0.2, 0.25) is 0 Å². The Balaban J connectivity index is 1.76. The van der Waals surface area contributed by atoms with E-state index in [4.69, 9.17) is 0 Å². The molecule has 3 heterocycles. The minimum atomic E-state index is 0.182. The van der Waals surface area contributed by atoms with Crippen LogP contribution < -0.4 is 0 Å². The van der Waals surface area contributed by atoms with Crippen molar-refractivity contribution in [3.05, 3.63) is 17.5 Å². The lowest BCUT2D eigenvalue weighted by Gasteiger charge is -2.29. The van der Waals surface area contributed by atoms with E-state index in [9.17, 15) is 4.79 Å². The van der Waals surface area contributed by atoms with Crippen molar-refractivity contribution in [2.24, 2.45) is 5.92 Å². The number of hydrogen-bond acceptors (Lipinski definition) is 4. The summed E-state index contributed by atoms with van der Waals surface area (Å²) in [6.07, 6.45) is 3.92. The first-order valence-corrected chi connectivity index (χ1v) is 8.87. The highest BCUT2D eigenvalue weighted by Crippen LogP contribution is 2.25. The summed E-state index contributed by atoms with van der Waals surface area (Å²) in [5, 5.41) is 4.44. The third-order valence-electron chi connectivity index (χ3n) is 4.33. The van der Waals surface area contributed by atoms with Crippen molar-refractivity contribution in [1.29, 1.82) is 0 Å². The van der Waals surface area contributed by atoms with Gasteiger partial charge in [0.05, 0.1) is 17.5 Å². The van der Waals surface area contributed by atoms with Crippen LogP contribution in [0.5, 0.6) is 0 Å².